The van der Waals surface area contributed by atoms with Crippen molar-refractivity contribution in [2.24, 2.45) is 5.92 Å². The summed E-state index contributed by atoms with van der Waals surface area (Å²) in [4.78, 5) is 39.2. The maximum absolute atomic E-state index is 14.2. The Kier molecular flexibility index (Phi) is 13.1. The summed E-state index contributed by atoms with van der Waals surface area (Å²) in [7, 11) is -3.61. The highest BCUT2D eigenvalue weighted by Gasteiger charge is 2.43. The van der Waals surface area contributed by atoms with Crippen LogP contribution in [0.15, 0.2) is 30.3 Å². The van der Waals surface area contributed by atoms with E-state index in [9.17, 15) is 24.1 Å². The second kappa shape index (κ2) is 16.0. The highest BCUT2D eigenvalue weighted by Crippen LogP contribution is 2.51. The SMILES string of the molecule is CCC(=O)O[C@H](OP(=O)(CCCCc1ccccc1)CC(=O)N1C[C@H](SC2CCCCC2)C[C@H]1C(=O)O)C(C)C. The summed E-state index contributed by atoms with van der Waals surface area (Å²) in [6, 6.07) is 9.07. The lowest BCUT2D eigenvalue weighted by Crippen LogP contribution is -2.42. The Hall–Kier alpha value is -1.83. The van der Waals surface area contributed by atoms with Gasteiger partial charge in [0.1, 0.15) is 12.2 Å². The van der Waals surface area contributed by atoms with E-state index in [1.54, 1.807) is 6.92 Å². The number of aryl methyl sites for hydroxylation is 1. The number of aliphatic carboxylic acids is 1. The molecule has 1 aliphatic heterocycles. The van der Waals surface area contributed by atoms with Crippen molar-refractivity contribution in [3.8, 4) is 0 Å². The van der Waals surface area contributed by atoms with E-state index in [1.807, 2.05) is 55.9 Å². The first-order valence-electron chi connectivity index (χ1n) is 14.8. The number of unbranched alkanes of at least 4 members (excludes halogenated alkanes) is 1. The highest BCUT2D eigenvalue weighted by molar-refractivity contribution is 8.00. The summed E-state index contributed by atoms with van der Waals surface area (Å²) >= 11 is 1.81. The lowest BCUT2D eigenvalue weighted by atomic mass is 10.0. The first kappa shape index (κ1) is 32.7. The van der Waals surface area contributed by atoms with Crippen molar-refractivity contribution < 1.29 is 33.3 Å². The average molecular weight is 596 g/mol. The van der Waals surface area contributed by atoms with Gasteiger partial charge >= 0.3 is 11.9 Å². The summed E-state index contributed by atoms with van der Waals surface area (Å²) in [6.45, 7) is 5.63. The van der Waals surface area contributed by atoms with Gasteiger partial charge in [0.25, 0.3) is 0 Å². The van der Waals surface area contributed by atoms with E-state index in [0.29, 0.717) is 24.6 Å². The second-order valence-electron chi connectivity index (χ2n) is 11.4. The van der Waals surface area contributed by atoms with Gasteiger partial charge < -0.3 is 14.7 Å². The molecule has 0 bridgehead atoms. The molecule has 1 aliphatic carbocycles. The molecule has 1 aromatic rings. The van der Waals surface area contributed by atoms with Crippen molar-refractivity contribution in [3.63, 3.8) is 0 Å². The zero-order valence-electron chi connectivity index (χ0n) is 24.2. The number of hydrogen-bond donors (Lipinski definition) is 1. The van der Waals surface area contributed by atoms with Crippen LogP contribution in [0.2, 0.25) is 0 Å². The molecule has 8 nitrogen and oxygen atoms in total. The third-order valence-corrected chi connectivity index (χ3v) is 11.5. The Morgan fingerprint density at radius 3 is 2.40 bits per heavy atom. The van der Waals surface area contributed by atoms with Crippen LogP contribution < -0.4 is 0 Å². The number of carboxylic acid groups (broad SMARTS) is 1. The highest BCUT2D eigenvalue weighted by atomic mass is 32.2. The van der Waals surface area contributed by atoms with Crippen LogP contribution in [0.5, 0.6) is 0 Å². The first-order chi connectivity index (χ1) is 19.1. The number of ether oxygens (including phenoxy) is 1. The van der Waals surface area contributed by atoms with Crippen LogP contribution in [-0.2, 0) is 34.6 Å². The minimum absolute atomic E-state index is 0.0493. The summed E-state index contributed by atoms with van der Waals surface area (Å²) in [5.74, 6) is -2.22. The van der Waals surface area contributed by atoms with Crippen LogP contribution in [0, 0.1) is 5.92 Å². The summed E-state index contributed by atoms with van der Waals surface area (Å²) in [6.07, 6.45) is 7.30. The number of esters is 1. The molecule has 2 fully saturated rings. The fourth-order valence-corrected chi connectivity index (χ4v) is 9.35. The Bertz CT molecular complexity index is 1010. The van der Waals surface area contributed by atoms with Crippen molar-refractivity contribution >= 4 is 37.0 Å². The van der Waals surface area contributed by atoms with Gasteiger partial charge in [0.05, 0.1) is 0 Å². The van der Waals surface area contributed by atoms with Gasteiger partial charge in [-0.1, -0.05) is 70.4 Å². The van der Waals surface area contributed by atoms with Crippen molar-refractivity contribution in [3.05, 3.63) is 35.9 Å². The van der Waals surface area contributed by atoms with Crippen molar-refractivity contribution in [1.29, 1.82) is 0 Å². The monoisotopic (exact) mass is 595 g/mol. The fourth-order valence-electron chi connectivity index (χ4n) is 5.35. The molecule has 1 heterocycles. The number of carboxylic acids is 1. The number of carbonyl (C=O) groups is 3. The minimum atomic E-state index is -3.61. The zero-order valence-corrected chi connectivity index (χ0v) is 25.9. The molecule has 0 aromatic heterocycles. The minimum Gasteiger partial charge on any atom is -0.480 e. The van der Waals surface area contributed by atoms with Gasteiger partial charge in [-0.3, -0.25) is 18.7 Å². The zero-order chi connectivity index (χ0) is 29.1. The maximum Gasteiger partial charge on any atom is 0.326 e. The Balaban J connectivity index is 1.70. The average Bonchev–Trinajstić information content (AvgIpc) is 3.36. The van der Waals surface area contributed by atoms with Gasteiger partial charge in [0.2, 0.25) is 19.6 Å². The molecule has 40 heavy (non-hydrogen) atoms. The first-order valence-corrected chi connectivity index (χ1v) is 17.7. The molecule has 0 radical (unpaired) electrons. The van der Waals surface area contributed by atoms with Gasteiger partial charge in [-0.15, -0.1) is 0 Å². The molecule has 2 aliphatic rings. The molecule has 1 N–H and O–H groups in total. The van der Waals surface area contributed by atoms with Gasteiger partial charge in [-0.05, 0) is 44.1 Å². The number of carbonyl (C=O) groups excluding carboxylic acids is 2. The van der Waals surface area contributed by atoms with E-state index in [1.165, 1.54) is 29.7 Å². The summed E-state index contributed by atoms with van der Waals surface area (Å²) < 4.78 is 25.7. The summed E-state index contributed by atoms with van der Waals surface area (Å²) in [5.41, 5.74) is 1.18. The molecule has 1 saturated carbocycles. The molecule has 224 valence electrons. The van der Waals surface area contributed by atoms with Crippen LogP contribution in [0.4, 0.5) is 0 Å². The van der Waals surface area contributed by atoms with Gasteiger partial charge in [-0.25, -0.2) is 4.79 Å². The molecular weight excluding hydrogens is 549 g/mol. The number of hydrogen-bond acceptors (Lipinski definition) is 7. The van der Waals surface area contributed by atoms with Crippen LogP contribution in [0.1, 0.15) is 84.1 Å². The van der Waals surface area contributed by atoms with E-state index < -0.39 is 43.7 Å². The number of amides is 1. The molecule has 1 unspecified atom stereocenters. The van der Waals surface area contributed by atoms with E-state index in [-0.39, 0.29) is 23.8 Å². The molecule has 0 spiro atoms. The Morgan fingerprint density at radius 2 is 1.77 bits per heavy atom. The molecule has 1 saturated heterocycles. The molecule has 4 atom stereocenters. The lowest BCUT2D eigenvalue weighted by Gasteiger charge is -2.29. The van der Waals surface area contributed by atoms with Crippen LogP contribution in [-0.4, -0.2) is 69.6 Å². The topological polar surface area (TPSA) is 110 Å². The predicted molar refractivity (Wildman–Crippen MR) is 159 cm³/mol. The van der Waals surface area contributed by atoms with Gasteiger partial charge in [-0.2, -0.15) is 11.8 Å². The van der Waals surface area contributed by atoms with E-state index in [4.69, 9.17) is 9.26 Å². The Labute approximate surface area is 243 Å². The Morgan fingerprint density at radius 1 is 1.07 bits per heavy atom. The molecule has 3 rings (SSSR count). The number of thioether (sulfide) groups is 1. The van der Waals surface area contributed by atoms with E-state index in [2.05, 4.69) is 0 Å². The van der Waals surface area contributed by atoms with Gasteiger partial charge in [0, 0.05) is 35.5 Å². The van der Waals surface area contributed by atoms with Crippen LogP contribution in [0.3, 0.4) is 0 Å². The standard InChI is InChI=1S/C30H46NO7PS/c1-4-28(33)37-30(22(2)3)38-39(36,18-12-11-15-23-13-7-5-8-14-23)21-27(32)31-20-25(19-26(31)29(34)35)40-24-16-9-6-10-17-24/h5,7-8,13-14,22,24-26,30H,4,6,9-12,15-21H2,1-3H3,(H,34,35)/t25-,26+,30-,39?/m1/s1. The maximum atomic E-state index is 14.2. The molecular formula is C30H46NO7PS. The fraction of sp³-hybridized carbons (Fsp3) is 0.700. The number of rotatable bonds is 15. The van der Waals surface area contributed by atoms with Crippen molar-refractivity contribution in [2.45, 2.75) is 108 Å². The lowest BCUT2D eigenvalue weighted by molar-refractivity contribution is -0.169. The second-order valence-corrected chi connectivity index (χ2v) is 15.6. The number of likely N-dealkylation sites (tertiary alicyclic amines) is 1. The third-order valence-electron chi connectivity index (χ3n) is 7.62. The molecule has 10 heteroatoms. The largest absolute Gasteiger partial charge is 0.480 e. The smallest absolute Gasteiger partial charge is 0.326 e. The quantitative estimate of drug-likeness (QED) is 0.108. The van der Waals surface area contributed by atoms with Crippen molar-refractivity contribution in [2.75, 3.05) is 18.9 Å². The van der Waals surface area contributed by atoms with Crippen LogP contribution in [0.25, 0.3) is 0 Å². The van der Waals surface area contributed by atoms with Crippen molar-refractivity contribution in [1.82, 2.24) is 4.90 Å². The predicted octanol–water partition coefficient (Wildman–Crippen LogP) is 6.36. The van der Waals surface area contributed by atoms with E-state index >= 15 is 0 Å². The number of nitrogens with zero attached hydrogens (tertiary/aromatic N) is 1. The molecule has 1 aromatic carbocycles. The number of benzene rings is 1. The van der Waals surface area contributed by atoms with Gasteiger partial charge in [0.15, 0.2) is 0 Å². The molecule has 1 amide bonds. The van der Waals surface area contributed by atoms with E-state index in [0.717, 1.165) is 25.7 Å². The van der Waals surface area contributed by atoms with Crippen LogP contribution >= 0.6 is 19.1 Å². The summed E-state index contributed by atoms with van der Waals surface area (Å²) in [5, 5.41) is 10.5. The normalized spacial score (nSPS) is 22.1. The third kappa shape index (κ3) is 10.2.